The molecule has 2 aromatic rings. The number of hydrogen-bond donors (Lipinski definition) is 1. The van der Waals surface area contributed by atoms with Gasteiger partial charge in [-0.15, -0.1) is 22.7 Å². The van der Waals surface area contributed by atoms with E-state index >= 15 is 0 Å². The fourth-order valence-corrected chi connectivity index (χ4v) is 4.27. The summed E-state index contributed by atoms with van der Waals surface area (Å²) in [6.07, 6.45) is 2.81. The van der Waals surface area contributed by atoms with Gasteiger partial charge in [0, 0.05) is 23.2 Å². The number of amides is 1. The Labute approximate surface area is 136 Å². The number of rotatable bonds is 4. The van der Waals surface area contributed by atoms with E-state index in [2.05, 4.69) is 10.3 Å². The van der Waals surface area contributed by atoms with Crippen LogP contribution >= 0.6 is 22.7 Å². The Bertz CT molecular complexity index is 666. The highest BCUT2D eigenvalue weighted by Crippen LogP contribution is 2.32. The van der Waals surface area contributed by atoms with E-state index in [4.69, 9.17) is 0 Å². The fourth-order valence-electron chi connectivity index (χ4n) is 2.79. The standard InChI is InChI=1S/C15H16N2O3S2/c18-13(9-4-1-2-5-10(9)14(19)20)17-15-16-11(8-22-15)12-6-3-7-21-12/h3,6-10H,1-2,4-5H2,(H,19,20)(H,16,17,18)/p-1/t9-,10+/m0/s1. The number of carbonyl (C=O) groups is 2. The summed E-state index contributed by atoms with van der Waals surface area (Å²) in [5, 5.41) is 18.3. The Morgan fingerprint density at radius 3 is 2.68 bits per heavy atom. The maximum absolute atomic E-state index is 12.3. The molecule has 3 rings (SSSR count). The van der Waals surface area contributed by atoms with E-state index < -0.39 is 17.8 Å². The van der Waals surface area contributed by atoms with Gasteiger partial charge in [-0.25, -0.2) is 4.98 Å². The number of thiophene rings is 1. The van der Waals surface area contributed by atoms with E-state index in [9.17, 15) is 14.7 Å². The summed E-state index contributed by atoms with van der Waals surface area (Å²) in [5.41, 5.74) is 0.829. The van der Waals surface area contributed by atoms with Crippen molar-refractivity contribution in [2.24, 2.45) is 11.8 Å². The van der Waals surface area contributed by atoms with E-state index in [-0.39, 0.29) is 5.91 Å². The van der Waals surface area contributed by atoms with Gasteiger partial charge in [-0.1, -0.05) is 18.9 Å². The van der Waals surface area contributed by atoms with Crippen molar-refractivity contribution in [2.45, 2.75) is 25.7 Å². The topological polar surface area (TPSA) is 82.1 Å². The molecule has 0 unspecified atom stereocenters. The Morgan fingerprint density at radius 1 is 1.23 bits per heavy atom. The van der Waals surface area contributed by atoms with E-state index in [0.29, 0.717) is 18.0 Å². The summed E-state index contributed by atoms with van der Waals surface area (Å²) in [4.78, 5) is 29.0. The van der Waals surface area contributed by atoms with Crippen molar-refractivity contribution in [3.8, 4) is 10.6 Å². The molecule has 1 saturated carbocycles. The summed E-state index contributed by atoms with van der Waals surface area (Å²) in [6, 6.07) is 3.92. The first kappa shape index (κ1) is 15.2. The Balaban J connectivity index is 1.70. The minimum atomic E-state index is -1.13. The zero-order chi connectivity index (χ0) is 15.5. The van der Waals surface area contributed by atoms with Gasteiger partial charge in [0.15, 0.2) is 5.13 Å². The molecule has 2 aromatic heterocycles. The average Bonchev–Trinajstić information content (AvgIpc) is 3.17. The lowest BCUT2D eigenvalue weighted by molar-refractivity contribution is -0.313. The SMILES string of the molecule is O=C(Nc1nc(-c2cccs2)cs1)[C@H]1CCCC[C@H]1C(=O)[O-]. The molecule has 0 spiro atoms. The van der Waals surface area contributed by atoms with Crippen molar-refractivity contribution in [1.82, 2.24) is 4.98 Å². The van der Waals surface area contributed by atoms with Crippen LogP contribution in [0.1, 0.15) is 25.7 Å². The largest absolute Gasteiger partial charge is 0.550 e. The first-order valence-corrected chi connectivity index (χ1v) is 8.92. The van der Waals surface area contributed by atoms with Gasteiger partial charge in [0.2, 0.25) is 5.91 Å². The lowest BCUT2D eigenvalue weighted by Crippen LogP contribution is -2.42. The van der Waals surface area contributed by atoms with Crippen LogP contribution in [0.15, 0.2) is 22.9 Å². The van der Waals surface area contributed by atoms with Crippen LogP contribution in [0.25, 0.3) is 10.6 Å². The van der Waals surface area contributed by atoms with Gasteiger partial charge in [-0.3, -0.25) is 4.79 Å². The number of anilines is 1. The second-order valence-corrected chi connectivity index (χ2v) is 7.13. The van der Waals surface area contributed by atoms with Crippen LogP contribution in [0.5, 0.6) is 0 Å². The van der Waals surface area contributed by atoms with Crippen LogP contribution in [0, 0.1) is 11.8 Å². The maximum Gasteiger partial charge on any atom is 0.229 e. The minimum Gasteiger partial charge on any atom is -0.550 e. The number of aliphatic carboxylic acids is 1. The van der Waals surface area contributed by atoms with E-state index in [0.717, 1.165) is 23.4 Å². The molecule has 0 radical (unpaired) electrons. The van der Waals surface area contributed by atoms with Gasteiger partial charge < -0.3 is 15.2 Å². The van der Waals surface area contributed by atoms with Gasteiger partial charge in [0.1, 0.15) is 0 Å². The van der Waals surface area contributed by atoms with Crippen molar-refractivity contribution in [3.63, 3.8) is 0 Å². The zero-order valence-electron chi connectivity index (χ0n) is 11.8. The van der Waals surface area contributed by atoms with Gasteiger partial charge in [-0.05, 0) is 24.3 Å². The summed E-state index contributed by atoms with van der Waals surface area (Å²) in [7, 11) is 0. The molecular weight excluding hydrogens is 320 g/mol. The van der Waals surface area contributed by atoms with Gasteiger partial charge >= 0.3 is 0 Å². The first-order valence-electron chi connectivity index (χ1n) is 7.16. The van der Waals surface area contributed by atoms with Gasteiger partial charge in [0.05, 0.1) is 10.6 Å². The molecule has 0 saturated heterocycles. The van der Waals surface area contributed by atoms with Crippen LogP contribution in [0.2, 0.25) is 0 Å². The molecule has 22 heavy (non-hydrogen) atoms. The first-order chi connectivity index (χ1) is 10.6. The second-order valence-electron chi connectivity index (χ2n) is 5.32. The Morgan fingerprint density at radius 2 is 2.00 bits per heavy atom. The van der Waals surface area contributed by atoms with Crippen LogP contribution < -0.4 is 10.4 Å². The predicted molar refractivity (Wildman–Crippen MR) is 84.5 cm³/mol. The van der Waals surface area contributed by atoms with Crippen molar-refractivity contribution in [1.29, 1.82) is 0 Å². The Hall–Kier alpha value is -1.73. The van der Waals surface area contributed by atoms with E-state index in [1.165, 1.54) is 11.3 Å². The predicted octanol–water partition coefficient (Wildman–Crippen LogP) is 2.37. The monoisotopic (exact) mass is 335 g/mol. The van der Waals surface area contributed by atoms with Gasteiger partial charge in [-0.2, -0.15) is 0 Å². The smallest absolute Gasteiger partial charge is 0.229 e. The molecule has 7 heteroatoms. The van der Waals surface area contributed by atoms with Crippen molar-refractivity contribution >= 4 is 39.7 Å². The molecule has 116 valence electrons. The molecule has 0 aliphatic heterocycles. The zero-order valence-corrected chi connectivity index (χ0v) is 13.4. The summed E-state index contributed by atoms with van der Waals surface area (Å²) in [6.45, 7) is 0. The summed E-state index contributed by atoms with van der Waals surface area (Å²) in [5.74, 6) is -2.60. The lowest BCUT2D eigenvalue weighted by Gasteiger charge is -2.30. The number of aromatic nitrogens is 1. The molecule has 1 fully saturated rings. The summed E-state index contributed by atoms with van der Waals surface area (Å²) < 4.78 is 0. The molecule has 1 aliphatic carbocycles. The highest BCUT2D eigenvalue weighted by Gasteiger charge is 2.32. The van der Waals surface area contributed by atoms with Crippen molar-refractivity contribution in [2.75, 3.05) is 5.32 Å². The second kappa shape index (κ2) is 6.58. The Kier molecular flexibility index (Phi) is 4.54. The number of hydrogen-bond acceptors (Lipinski definition) is 6. The van der Waals surface area contributed by atoms with Crippen molar-refractivity contribution < 1.29 is 14.7 Å². The van der Waals surface area contributed by atoms with E-state index in [1.807, 2.05) is 22.9 Å². The maximum atomic E-state index is 12.3. The number of thiazole rings is 1. The normalized spacial score (nSPS) is 21.5. The molecule has 0 bridgehead atoms. The molecule has 5 nitrogen and oxygen atoms in total. The number of nitrogens with zero attached hydrogens (tertiary/aromatic N) is 1. The molecule has 1 N–H and O–H groups in total. The van der Waals surface area contributed by atoms with Crippen LogP contribution in [0.3, 0.4) is 0 Å². The molecule has 1 amide bonds. The molecule has 2 atom stereocenters. The lowest BCUT2D eigenvalue weighted by atomic mass is 9.79. The van der Waals surface area contributed by atoms with Crippen LogP contribution in [-0.4, -0.2) is 16.9 Å². The minimum absolute atomic E-state index is 0.263. The molecule has 2 heterocycles. The highest BCUT2D eigenvalue weighted by atomic mass is 32.1. The molecule has 1 aliphatic rings. The highest BCUT2D eigenvalue weighted by molar-refractivity contribution is 7.16. The third-order valence-corrected chi connectivity index (χ3v) is 5.56. The quantitative estimate of drug-likeness (QED) is 0.930. The number of carboxylic acids is 1. The third kappa shape index (κ3) is 3.20. The van der Waals surface area contributed by atoms with E-state index in [1.54, 1.807) is 11.3 Å². The number of carbonyl (C=O) groups excluding carboxylic acids is 2. The summed E-state index contributed by atoms with van der Waals surface area (Å²) >= 11 is 2.94. The number of carboxylic acid groups (broad SMARTS) is 1. The molecular formula is C15H15N2O3S2-. The fraction of sp³-hybridized carbons (Fsp3) is 0.400. The molecule has 0 aromatic carbocycles. The van der Waals surface area contributed by atoms with Crippen molar-refractivity contribution in [3.05, 3.63) is 22.9 Å². The van der Waals surface area contributed by atoms with Crippen LogP contribution in [0.4, 0.5) is 5.13 Å². The third-order valence-electron chi connectivity index (χ3n) is 3.91. The van der Waals surface area contributed by atoms with Crippen LogP contribution in [-0.2, 0) is 9.59 Å². The van der Waals surface area contributed by atoms with Gasteiger partial charge in [0.25, 0.3) is 0 Å². The number of nitrogens with one attached hydrogen (secondary N) is 1. The average molecular weight is 335 g/mol.